The lowest BCUT2D eigenvalue weighted by atomic mass is 10.00. The summed E-state index contributed by atoms with van der Waals surface area (Å²) in [5.41, 5.74) is 1.10. The summed E-state index contributed by atoms with van der Waals surface area (Å²) in [5, 5.41) is 11.1. The molecule has 0 amide bonds. The zero-order valence-corrected chi connectivity index (χ0v) is 22.2. The van der Waals surface area contributed by atoms with Gasteiger partial charge in [-0.25, -0.2) is 21.6 Å². The highest BCUT2D eigenvalue weighted by Crippen LogP contribution is 2.27. The highest BCUT2D eigenvalue weighted by Gasteiger charge is 2.30. The van der Waals surface area contributed by atoms with Crippen LogP contribution in [-0.2, 0) is 29.6 Å². The number of carbonyl (C=O) groups is 1. The fraction of sp³-hybridized carbons (Fsp3) is 0.160. The van der Waals surface area contributed by atoms with Gasteiger partial charge in [0.2, 0.25) is 10.0 Å². The molecule has 0 aliphatic heterocycles. The first-order chi connectivity index (χ1) is 17.8. The van der Waals surface area contributed by atoms with Gasteiger partial charge < -0.3 is 4.74 Å². The van der Waals surface area contributed by atoms with Crippen molar-refractivity contribution in [2.75, 3.05) is 7.11 Å². The zero-order valence-electron chi connectivity index (χ0n) is 20.6. The maximum Gasteiger partial charge on any atom is 0.337 e. The summed E-state index contributed by atoms with van der Waals surface area (Å²) in [4.78, 5) is 23.1. The molecule has 0 saturated carbocycles. The van der Waals surface area contributed by atoms with Crippen molar-refractivity contribution < 1.29 is 31.3 Å². The highest BCUT2D eigenvalue weighted by molar-refractivity contribution is 7.89. The standard InChI is InChI=1S/C25H25N3O8S2/c1-17-4-12-21(13-5-17)37(32,33)26-16-23(25(29)36-3)24(19-8-10-20(11-9-19)28(30)31)27-38(34,35)22-14-6-18(2)7-15-22/h4-16,24,26-27H,1-3H3/b23-16+. The third-order valence-electron chi connectivity index (χ3n) is 5.47. The van der Waals surface area contributed by atoms with Crippen LogP contribution in [0.5, 0.6) is 0 Å². The first-order valence-electron chi connectivity index (χ1n) is 11.0. The summed E-state index contributed by atoms with van der Waals surface area (Å²) in [7, 11) is -7.36. The van der Waals surface area contributed by atoms with Crippen LogP contribution in [0.4, 0.5) is 5.69 Å². The van der Waals surface area contributed by atoms with E-state index >= 15 is 0 Å². The summed E-state index contributed by atoms with van der Waals surface area (Å²) in [5.74, 6) is -1.04. The molecule has 0 heterocycles. The van der Waals surface area contributed by atoms with Gasteiger partial charge in [-0.15, -0.1) is 0 Å². The van der Waals surface area contributed by atoms with E-state index < -0.39 is 42.6 Å². The number of carbonyl (C=O) groups excluding carboxylic acids is 1. The second-order valence-corrected chi connectivity index (χ2v) is 11.7. The lowest BCUT2D eigenvalue weighted by Crippen LogP contribution is -2.33. The maximum atomic E-state index is 13.2. The smallest absolute Gasteiger partial charge is 0.337 e. The molecular weight excluding hydrogens is 534 g/mol. The van der Waals surface area contributed by atoms with Gasteiger partial charge in [-0.05, 0) is 43.7 Å². The lowest BCUT2D eigenvalue weighted by Gasteiger charge is -2.21. The van der Waals surface area contributed by atoms with Crippen LogP contribution in [-0.4, -0.2) is 34.8 Å². The van der Waals surface area contributed by atoms with E-state index in [9.17, 15) is 31.7 Å². The van der Waals surface area contributed by atoms with Crippen molar-refractivity contribution in [3.63, 3.8) is 0 Å². The number of nitro groups is 1. The summed E-state index contributed by atoms with van der Waals surface area (Å²) >= 11 is 0. The Balaban J connectivity index is 2.11. The van der Waals surface area contributed by atoms with Crippen LogP contribution in [0, 0.1) is 24.0 Å². The summed E-state index contributed by atoms with van der Waals surface area (Å²) in [6.45, 7) is 3.57. The number of hydrogen-bond donors (Lipinski definition) is 2. The molecule has 3 aromatic carbocycles. The molecule has 38 heavy (non-hydrogen) atoms. The van der Waals surface area contributed by atoms with Crippen molar-refractivity contribution in [3.05, 3.63) is 111 Å². The highest BCUT2D eigenvalue weighted by atomic mass is 32.2. The van der Waals surface area contributed by atoms with E-state index in [0.29, 0.717) is 0 Å². The number of benzene rings is 3. The van der Waals surface area contributed by atoms with Crippen LogP contribution < -0.4 is 9.44 Å². The molecule has 0 spiro atoms. The Hall–Kier alpha value is -4.07. The fourth-order valence-electron chi connectivity index (χ4n) is 3.34. The normalized spacial score (nSPS) is 13.0. The number of rotatable bonds is 10. The predicted octanol–water partition coefficient (Wildman–Crippen LogP) is 3.27. The molecule has 3 aromatic rings. The molecule has 13 heteroatoms. The van der Waals surface area contributed by atoms with Crippen LogP contribution in [0.15, 0.2) is 94.4 Å². The number of sulfonamides is 2. The Kier molecular flexibility index (Phi) is 8.66. The number of nitrogens with one attached hydrogen (secondary N) is 2. The van der Waals surface area contributed by atoms with E-state index in [-0.39, 0.29) is 21.0 Å². The number of hydrogen-bond acceptors (Lipinski definition) is 8. The topological polar surface area (TPSA) is 162 Å². The third-order valence-corrected chi connectivity index (χ3v) is 8.23. The van der Waals surface area contributed by atoms with Gasteiger partial charge >= 0.3 is 5.97 Å². The Bertz CT molecular complexity index is 1570. The monoisotopic (exact) mass is 559 g/mol. The molecule has 0 bridgehead atoms. The van der Waals surface area contributed by atoms with Gasteiger partial charge in [0.15, 0.2) is 0 Å². The molecule has 0 aromatic heterocycles. The van der Waals surface area contributed by atoms with E-state index in [2.05, 4.69) is 9.44 Å². The van der Waals surface area contributed by atoms with Crippen molar-refractivity contribution in [2.45, 2.75) is 29.7 Å². The molecule has 0 aliphatic carbocycles. The molecule has 2 N–H and O–H groups in total. The van der Waals surface area contributed by atoms with Crippen molar-refractivity contribution in [1.29, 1.82) is 0 Å². The van der Waals surface area contributed by atoms with Gasteiger partial charge in [-0.3, -0.25) is 14.8 Å². The fourth-order valence-corrected chi connectivity index (χ4v) is 5.46. The van der Waals surface area contributed by atoms with Gasteiger partial charge in [0, 0.05) is 18.3 Å². The number of nitrogens with zero attached hydrogens (tertiary/aromatic N) is 1. The molecule has 11 nitrogen and oxygen atoms in total. The number of nitro benzene ring substituents is 1. The molecule has 0 fully saturated rings. The average molecular weight is 560 g/mol. The predicted molar refractivity (Wildman–Crippen MR) is 139 cm³/mol. The SMILES string of the molecule is COC(=O)/C(=C/NS(=O)(=O)c1ccc(C)cc1)C(NS(=O)(=O)c1ccc(C)cc1)c1ccc([N+](=O)[O-])cc1. The second kappa shape index (κ2) is 11.5. The van der Waals surface area contributed by atoms with E-state index in [1.165, 1.54) is 36.4 Å². The number of non-ortho nitro benzene ring substituents is 1. The minimum atomic E-state index is -4.26. The van der Waals surface area contributed by atoms with Gasteiger partial charge in [0.25, 0.3) is 15.7 Å². The first kappa shape index (κ1) is 28.5. The molecule has 0 aliphatic rings. The van der Waals surface area contributed by atoms with Crippen molar-refractivity contribution >= 4 is 31.7 Å². The summed E-state index contributed by atoms with van der Waals surface area (Å²) < 4.78 is 61.6. The van der Waals surface area contributed by atoms with Crippen molar-refractivity contribution in [3.8, 4) is 0 Å². The van der Waals surface area contributed by atoms with Gasteiger partial charge in [0.05, 0.1) is 33.4 Å². The molecule has 1 unspecified atom stereocenters. The molecular formula is C25H25N3O8S2. The van der Waals surface area contributed by atoms with Crippen molar-refractivity contribution in [2.24, 2.45) is 0 Å². The van der Waals surface area contributed by atoms with Crippen molar-refractivity contribution in [1.82, 2.24) is 9.44 Å². The molecule has 0 radical (unpaired) electrons. The molecule has 0 saturated heterocycles. The molecule has 200 valence electrons. The van der Waals surface area contributed by atoms with E-state index in [0.717, 1.165) is 36.6 Å². The van der Waals surface area contributed by atoms with E-state index in [1.54, 1.807) is 38.1 Å². The number of methoxy groups -OCH3 is 1. The van der Waals surface area contributed by atoms with E-state index in [1.807, 2.05) is 0 Å². The largest absolute Gasteiger partial charge is 0.466 e. The number of aryl methyl sites for hydroxylation is 2. The summed E-state index contributed by atoms with van der Waals surface area (Å²) in [6.07, 6.45) is 0.838. The van der Waals surface area contributed by atoms with Gasteiger partial charge in [-0.1, -0.05) is 47.5 Å². The van der Waals surface area contributed by atoms with Crippen LogP contribution in [0.25, 0.3) is 0 Å². The molecule has 1 atom stereocenters. The minimum absolute atomic E-state index is 0.0873. The van der Waals surface area contributed by atoms with Crippen LogP contribution in [0.2, 0.25) is 0 Å². The number of esters is 1. The Morgan fingerprint density at radius 3 is 1.76 bits per heavy atom. The maximum absolute atomic E-state index is 13.2. The molecule has 3 rings (SSSR count). The van der Waals surface area contributed by atoms with Crippen LogP contribution in [0.1, 0.15) is 22.7 Å². The number of ether oxygens (including phenoxy) is 1. The lowest BCUT2D eigenvalue weighted by molar-refractivity contribution is -0.384. The Labute approximate surface area is 220 Å². The zero-order chi connectivity index (χ0) is 28.1. The van der Waals surface area contributed by atoms with Gasteiger partial charge in [-0.2, -0.15) is 4.72 Å². The average Bonchev–Trinajstić information content (AvgIpc) is 2.88. The van der Waals surface area contributed by atoms with Crippen LogP contribution >= 0.6 is 0 Å². The Morgan fingerprint density at radius 2 is 1.32 bits per heavy atom. The quantitative estimate of drug-likeness (QED) is 0.166. The van der Waals surface area contributed by atoms with Gasteiger partial charge in [0.1, 0.15) is 0 Å². The Morgan fingerprint density at radius 1 is 0.842 bits per heavy atom. The first-order valence-corrected chi connectivity index (χ1v) is 14.0. The summed E-state index contributed by atoms with van der Waals surface area (Å²) in [6, 6.07) is 15.1. The van der Waals surface area contributed by atoms with Crippen LogP contribution in [0.3, 0.4) is 0 Å². The van der Waals surface area contributed by atoms with E-state index in [4.69, 9.17) is 4.74 Å². The minimum Gasteiger partial charge on any atom is -0.466 e. The third kappa shape index (κ3) is 6.82. The second-order valence-electron chi connectivity index (χ2n) is 8.24.